The predicted octanol–water partition coefficient (Wildman–Crippen LogP) is 1.83. The molecule has 0 aromatic carbocycles. The minimum Gasteiger partial charge on any atom is -0.232 e. The van der Waals surface area contributed by atoms with Gasteiger partial charge in [0.25, 0.3) is 0 Å². The quantitative estimate of drug-likeness (QED) is 0.423. The largest absolute Gasteiger partial charge is 0.232 e. The van der Waals surface area contributed by atoms with Crippen molar-refractivity contribution in [2.75, 3.05) is 0 Å². The number of hydrogen-bond donors (Lipinski definition) is 0. The Kier molecular flexibility index (Phi) is 1.57. The third-order valence-electron chi connectivity index (χ3n) is 0.826. The van der Waals surface area contributed by atoms with Crippen LogP contribution in [0.5, 0.6) is 0 Å². The minimum atomic E-state index is -0.418. The average molecular weight is 111 g/mol. The molecule has 0 atom stereocenters. The zero-order valence-electron chi connectivity index (χ0n) is 4.34. The molecule has 2 heteroatoms. The van der Waals surface area contributed by atoms with Crippen molar-refractivity contribution in [3.63, 3.8) is 0 Å². The summed E-state index contributed by atoms with van der Waals surface area (Å²) in [7, 11) is 0. The molecule has 0 fully saturated rings. The van der Waals surface area contributed by atoms with Crippen LogP contribution in [-0.4, -0.2) is 6.21 Å². The van der Waals surface area contributed by atoms with Gasteiger partial charge >= 0.3 is 0 Å². The summed E-state index contributed by atoms with van der Waals surface area (Å²) < 4.78 is 12.1. The molecule has 1 nitrogen and oxygen atoms in total. The third-order valence-corrected chi connectivity index (χ3v) is 0.826. The van der Waals surface area contributed by atoms with Gasteiger partial charge in [0.15, 0.2) is 0 Å². The standard InChI is InChI=1S/C6H6FN/c7-6-4-2-1-3-5-8-6/h1-2,4-5H,3H2. The molecule has 0 N–H and O–H groups in total. The lowest BCUT2D eigenvalue weighted by Crippen LogP contribution is -1.65. The van der Waals surface area contributed by atoms with E-state index >= 15 is 0 Å². The maximum Gasteiger partial charge on any atom is 0.212 e. The molecular formula is C6H6FN. The highest BCUT2D eigenvalue weighted by Crippen LogP contribution is 2.00. The fourth-order valence-electron chi connectivity index (χ4n) is 0.470. The van der Waals surface area contributed by atoms with Crippen LogP contribution in [0.3, 0.4) is 0 Å². The average Bonchev–Trinajstić information content (AvgIpc) is 1.94. The van der Waals surface area contributed by atoms with Crippen molar-refractivity contribution in [2.24, 2.45) is 4.99 Å². The van der Waals surface area contributed by atoms with Crippen molar-refractivity contribution in [1.29, 1.82) is 0 Å². The molecule has 0 aromatic rings. The highest BCUT2D eigenvalue weighted by molar-refractivity contribution is 5.61. The Morgan fingerprint density at radius 3 is 3.38 bits per heavy atom. The molecular weight excluding hydrogens is 105 g/mol. The Hall–Kier alpha value is -0.920. The lowest BCUT2D eigenvalue weighted by Gasteiger charge is -1.76. The normalized spacial score (nSPS) is 17.9. The summed E-state index contributed by atoms with van der Waals surface area (Å²) in [6.07, 6.45) is 7.10. The summed E-state index contributed by atoms with van der Waals surface area (Å²) in [6, 6.07) is 0. The van der Waals surface area contributed by atoms with Crippen LogP contribution in [-0.2, 0) is 0 Å². The molecule has 0 aliphatic carbocycles. The van der Waals surface area contributed by atoms with Crippen LogP contribution in [0, 0.1) is 0 Å². The van der Waals surface area contributed by atoms with Crippen LogP contribution in [0.4, 0.5) is 4.39 Å². The second-order valence-electron chi connectivity index (χ2n) is 1.46. The molecule has 0 aromatic heterocycles. The fraction of sp³-hybridized carbons (Fsp3) is 0.167. The van der Waals surface area contributed by atoms with Crippen molar-refractivity contribution < 1.29 is 4.39 Å². The molecule has 0 bridgehead atoms. The van der Waals surface area contributed by atoms with E-state index in [0.717, 1.165) is 6.42 Å². The van der Waals surface area contributed by atoms with Crippen molar-refractivity contribution >= 4 is 6.21 Å². The van der Waals surface area contributed by atoms with E-state index in [1.165, 1.54) is 12.3 Å². The molecule has 0 spiro atoms. The lowest BCUT2D eigenvalue weighted by molar-refractivity contribution is 0.630. The lowest BCUT2D eigenvalue weighted by atomic mass is 10.4. The van der Waals surface area contributed by atoms with Gasteiger partial charge in [0.2, 0.25) is 5.95 Å². The van der Waals surface area contributed by atoms with Gasteiger partial charge in [-0.3, -0.25) is 0 Å². The Bertz CT molecular complexity index is 156. The third kappa shape index (κ3) is 1.30. The molecule has 1 heterocycles. The Balaban J connectivity index is 2.73. The first kappa shape index (κ1) is 5.22. The first-order valence-corrected chi connectivity index (χ1v) is 2.44. The summed E-state index contributed by atoms with van der Waals surface area (Å²) in [5.41, 5.74) is 0. The van der Waals surface area contributed by atoms with Crippen molar-refractivity contribution in [1.82, 2.24) is 0 Å². The van der Waals surface area contributed by atoms with Crippen molar-refractivity contribution in [3.8, 4) is 0 Å². The van der Waals surface area contributed by atoms with Crippen LogP contribution < -0.4 is 0 Å². The molecule has 0 unspecified atom stereocenters. The second-order valence-corrected chi connectivity index (χ2v) is 1.46. The maximum atomic E-state index is 12.1. The highest BCUT2D eigenvalue weighted by atomic mass is 19.1. The van der Waals surface area contributed by atoms with Crippen LogP contribution in [0.1, 0.15) is 6.42 Å². The van der Waals surface area contributed by atoms with Crippen LogP contribution in [0.15, 0.2) is 29.2 Å². The predicted molar refractivity (Wildman–Crippen MR) is 31.4 cm³/mol. The molecule has 0 radical (unpaired) electrons. The van der Waals surface area contributed by atoms with Gasteiger partial charge in [-0.1, -0.05) is 12.2 Å². The van der Waals surface area contributed by atoms with Gasteiger partial charge < -0.3 is 0 Å². The second kappa shape index (κ2) is 2.40. The summed E-state index contributed by atoms with van der Waals surface area (Å²) in [4.78, 5) is 3.43. The van der Waals surface area contributed by atoms with Crippen LogP contribution in [0.2, 0.25) is 0 Å². The number of hydrogen-bond acceptors (Lipinski definition) is 1. The number of rotatable bonds is 0. The van der Waals surface area contributed by atoms with Gasteiger partial charge in [-0.25, -0.2) is 4.99 Å². The SMILES string of the molecule is FC1=CC=CCC=N1. The summed E-state index contributed by atoms with van der Waals surface area (Å²) >= 11 is 0. The van der Waals surface area contributed by atoms with E-state index in [1.54, 1.807) is 6.08 Å². The maximum absolute atomic E-state index is 12.1. The number of halogens is 1. The zero-order valence-corrected chi connectivity index (χ0v) is 4.34. The van der Waals surface area contributed by atoms with E-state index in [9.17, 15) is 4.39 Å². The minimum absolute atomic E-state index is 0.418. The summed E-state index contributed by atoms with van der Waals surface area (Å²) in [6.45, 7) is 0. The number of nitrogens with zero attached hydrogens (tertiary/aromatic N) is 1. The first-order chi connectivity index (χ1) is 3.89. The number of allylic oxidation sites excluding steroid dienone is 3. The Labute approximate surface area is 47.2 Å². The molecule has 8 heavy (non-hydrogen) atoms. The van der Waals surface area contributed by atoms with Crippen molar-refractivity contribution in [2.45, 2.75) is 6.42 Å². The van der Waals surface area contributed by atoms with E-state index < -0.39 is 5.95 Å². The molecule has 1 aliphatic rings. The molecule has 42 valence electrons. The topological polar surface area (TPSA) is 12.4 Å². The van der Waals surface area contributed by atoms with E-state index in [1.807, 2.05) is 6.08 Å². The smallest absolute Gasteiger partial charge is 0.212 e. The van der Waals surface area contributed by atoms with Gasteiger partial charge in [0, 0.05) is 12.6 Å². The highest BCUT2D eigenvalue weighted by Gasteiger charge is 1.85. The van der Waals surface area contributed by atoms with E-state index in [-0.39, 0.29) is 0 Å². The van der Waals surface area contributed by atoms with Gasteiger partial charge in [-0.15, -0.1) is 0 Å². The van der Waals surface area contributed by atoms with Gasteiger partial charge in [0.05, 0.1) is 0 Å². The zero-order chi connectivity index (χ0) is 5.82. The number of aliphatic imine (C=N–C) groups is 1. The Morgan fingerprint density at radius 1 is 1.62 bits per heavy atom. The molecule has 0 amide bonds. The molecule has 1 rings (SSSR count). The summed E-state index contributed by atoms with van der Waals surface area (Å²) in [5, 5.41) is 0. The molecule has 0 saturated carbocycles. The monoisotopic (exact) mass is 111 g/mol. The fourth-order valence-corrected chi connectivity index (χ4v) is 0.470. The van der Waals surface area contributed by atoms with E-state index in [2.05, 4.69) is 4.99 Å². The summed E-state index contributed by atoms with van der Waals surface area (Å²) in [5.74, 6) is -0.418. The van der Waals surface area contributed by atoms with Crippen LogP contribution in [0.25, 0.3) is 0 Å². The van der Waals surface area contributed by atoms with Gasteiger partial charge in [0.1, 0.15) is 0 Å². The Morgan fingerprint density at radius 2 is 2.50 bits per heavy atom. The first-order valence-electron chi connectivity index (χ1n) is 2.44. The van der Waals surface area contributed by atoms with E-state index in [4.69, 9.17) is 0 Å². The van der Waals surface area contributed by atoms with Crippen LogP contribution >= 0.6 is 0 Å². The van der Waals surface area contributed by atoms with E-state index in [0.29, 0.717) is 0 Å². The van der Waals surface area contributed by atoms with Crippen molar-refractivity contribution in [3.05, 3.63) is 24.2 Å². The molecule has 0 saturated heterocycles. The van der Waals surface area contributed by atoms with Gasteiger partial charge in [-0.2, -0.15) is 4.39 Å². The van der Waals surface area contributed by atoms with Gasteiger partial charge in [-0.05, 0) is 6.08 Å². The molecule has 1 aliphatic heterocycles.